The number of allylic oxidation sites excluding steroid dienone is 2. The minimum atomic E-state index is -4.07. The molecule has 3 heterocycles. The van der Waals surface area contributed by atoms with Crippen LogP contribution in [0, 0.1) is 13.8 Å². The Morgan fingerprint density at radius 3 is 2.32 bits per heavy atom. The van der Waals surface area contributed by atoms with Gasteiger partial charge < -0.3 is 22.3 Å². The first-order valence-electron chi connectivity index (χ1n) is 8.47. The van der Waals surface area contributed by atoms with Crippen LogP contribution in [0.1, 0.15) is 51.6 Å². The third-order valence-electron chi connectivity index (χ3n) is 4.99. The lowest BCUT2D eigenvalue weighted by molar-refractivity contribution is -0.363. The maximum Gasteiger partial charge on any atom is 0.737 e. The molecule has 0 radical (unpaired) electrons. The fourth-order valence-electron chi connectivity index (χ4n) is 4.20. The number of fused-ring (bicyclic) bond motifs is 2. The minimum absolute atomic E-state index is 0.241. The number of carbonyl (C=O) groups is 1. The van der Waals surface area contributed by atoms with Gasteiger partial charge in [-0.05, 0) is 58.9 Å². The summed E-state index contributed by atoms with van der Waals surface area (Å²) in [6, 6.07) is 1.78. The Morgan fingerprint density at radius 2 is 1.76 bits per heavy atom. The minimum Gasteiger partial charge on any atom is -0.459 e. The quantitative estimate of drug-likeness (QED) is 0.601. The zero-order chi connectivity index (χ0) is 18.8. The molecule has 4 nitrogen and oxygen atoms in total. The standard InChI is InChI=1S/C18H23BF2N2O2/c1-9(2)25-18(24)15-12(5)17-13(6)16-10(3)8-11(4)22(16)19(20,21)23(17)14(15)7/h8-9H,1-7H3. The SMILES string of the molecule is CC1=C(C(=O)OC(C)C)C(C)=[N+]2C1=C(C)c1c(C)cc(C)n1[B-]2(F)F. The van der Waals surface area contributed by atoms with Crippen molar-refractivity contribution in [3.05, 3.63) is 39.9 Å². The van der Waals surface area contributed by atoms with Crippen molar-refractivity contribution < 1.29 is 22.6 Å². The highest BCUT2D eigenvalue weighted by Gasteiger charge is 2.56. The maximum absolute atomic E-state index is 15.4. The molecule has 0 atom stereocenters. The summed E-state index contributed by atoms with van der Waals surface area (Å²) in [7, 11) is 0. The maximum atomic E-state index is 15.4. The van der Waals surface area contributed by atoms with Crippen LogP contribution in [0.15, 0.2) is 22.9 Å². The van der Waals surface area contributed by atoms with Crippen LogP contribution in [-0.2, 0) is 9.53 Å². The van der Waals surface area contributed by atoms with E-state index in [2.05, 4.69) is 0 Å². The molecule has 0 saturated carbocycles. The molecule has 25 heavy (non-hydrogen) atoms. The van der Waals surface area contributed by atoms with Gasteiger partial charge in [0.25, 0.3) is 0 Å². The van der Waals surface area contributed by atoms with Crippen molar-refractivity contribution in [3.8, 4) is 0 Å². The molecular weight excluding hydrogens is 325 g/mol. The van der Waals surface area contributed by atoms with Crippen LogP contribution >= 0.6 is 0 Å². The van der Waals surface area contributed by atoms with Crippen molar-refractivity contribution in [1.82, 2.24) is 4.48 Å². The van der Waals surface area contributed by atoms with Gasteiger partial charge in [0.1, 0.15) is 11.3 Å². The summed E-state index contributed by atoms with van der Waals surface area (Å²) >= 11 is 0. The van der Waals surface area contributed by atoms with E-state index in [0.717, 1.165) is 20.1 Å². The van der Waals surface area contributed by atoms with Crippen LogP contribution in [0.25, 0.3) is 5.57 Å². The summed E-state index contributed by atoms with van der Waals surface area (Å²) in [4.78, 5) is 12.5. The number of hydrogen-bond acceptors (Lipinski definition) is 2. The smallest absolute Gasteiger partial charge is 0.459 e. The molecule has 0 spiro atoms. The second kappa shape index (κ2) is 5.41. The highest BCUT2D eigenvalue weighted by molar-refractivity contribution is 6.58. The molecule has 0 amide bonds. The number of aryl methyl sites for hydroxylation is 2. The van der Waals surface area contributed by atoms with Gasteiger partial charge in [-0.15, -0.1) is 0 Å². The molecule has 0 fully saturated rings. The second-order valence-corrected chi connectivity index (χ2v) is 7.16. The number of ether oxygens (including phenoxy) is 1. The molecule has 2 aliphatic heterocycles. The van der Waals surface area contributed by atoms with E-state index in [4.69, 9.17) is 4.74 Å². The Morgan fingerprint density at radius 1 is 1.16 bits per heavy atom. The van der Waals surface area contributed by atoms with Crippen molar-refractivity contribution in [2.45, 2.75) is 54.6 Å². The molecule has 0 aliphatic carbocycles. The van der Waals surface area contributed by atoms with Gasteiger partial charge in [0.2, 0.25) is 0 Å². The molecule has 1 aromatic heterocycles. The largest absolute Gasteiger partial charge is 0.737 e. The number of carbonyl (C=O) groups excluding carboxylic acids is 1. The third kappa shape index (κ3) is 2.24. The molecule has 0 bridgehead atoms. The number of aromatic nitrogens is 1. The fraction of sp³-hybridized carbons (Fsp3) is 0.444. The molecule has 134 valence electrons. The molecule has 0 N–H and O–H groups in total. The average Bonchev–Trinajstić information content (AvgIpc) is 2.91. The summed E-state index contributed by atoms with van der Waals surface area (Å²) in [6.45, 7) is 8.05. The zero-order valence-electron chi connectivity index (χ0n) is 15.7. The van der Waals surface area contributed by atoms with Gasteiger partial charge in [-0.3, -0.25) is 0 Å². The Balaban J connectivity index is 2.32. The monoisotopic (exact) mass is 348 g/mol. The van der Waals surface area contributed by atoms with Crippen molar-refractivity contribution in [2.75, 3.05) is 0 Å². The summed E-state index contributed by atoms with van der Waals surface area (Å²) in [5.74, 6) is -0.551. The first-order chi connectivity index (χ1) is 11.5. The molecule has 0 aromatic carbocycles. The lowest BCUT2D eigenvalue weighted by Crippen LogP contribution is -2.51. The van der Waals surface area contributed by atoms with Crippen LogP contribution in [0.5, 0.6) is 0 Å². The van der Waals surface area contributed by atoms with E-state index in [-0.39, 0.29) is 17.4 Å². The Kier molecular flexibility index (Phi) is 3.82. The molecule has 1 aromatic rings. The van der Waals surface area contributed by atoms with Crippen molar-refractivity contribution in [1.29, 1.82) is 0 Å². The predicted octanol–water partition coefficient (Wildman–Crippen LogP) is 3.83. The number of rotatable bonds is 2. The van der Waals surface area contributed by atoms with Gasteiger partial charge in [-0.2, -0.15) is 0 Å². The van der Waals surface area contributed by atoms with E-state index >= 15 is 8.63 Å². The van der Waals surface area contributed by atoms with Gasteiger partial charge in [0.15, 0.2) is 5.70 Å². The van der Waals surface area contributed by atoms with Crippen molar-refractivity contribution in [2.24, 2.45) is 0 Å². The topological polar surface area (TPSA) is 34.2 Å². The van der Waals surface area contributed by atoms with Gasteiger partial charge in [-0.25, -0.2) is 4.79 Å². The van der Waals surface area contributed by atoms with Crippen LogP contribution < -0.4 is 0 Å². The summed E-state index contributed by atoms with van der Waals surface area (Å²) in [5, 5.41) is 0. The summed E-state index contributed by atoms with van der Waals surface area (Å²) in [6.07, 6.45) is -0.308. The molecule has 3 rings (SSSR count). The Labute approximate surface area is 146 Å². The number of halogens is 2. The lowest BCUT2D eigenvalue weighted by Gasteiger charge is -2.32. The molecule has 0 saturated heterocycles. The fourth-order valence-corrected chi connectivity index (χ4v) is 4.20. The highest BCUT2D eigenvalue weighted by Crippen LogP contribution is 2.42. The van der Waals surface area contributed by atoms with Gasteiger partial charge in [0.05, 0.1) is 6.10 Å². The lowest BCUT2D eigenvalue weighted by atomic mass is 9.86. The van der Waals surface area contributed by atoms with Crippen molar-refractivity contribution in [3.63, 3.8) is 0 Å². The van der Waals surface area contributed by atoms with Gasteiger partial charge in [0, 0.05) is 23.8 Å². The van der Waals surface area contributed by atoms with E-state index in [9.17, 15) is 4.79 Å². The van der Waals surface area contributed by atoms with Gasteiger partial charge in [-0.1, -0.05) is 0 Å². The predicted molar refractivity (Wildman–Crippen MR) is 94.7 cm³/mol. The third-order valence-corrected chi connectivity index (χ3v) is 4.99. The van der Waals surface area contributed by atoms with E-state index in [1.54, 1.807) is 40.7 Å². The normalized spacial score (nSPS) is 19.0. The highest BCUT2D eigenvalue weighted by atomic mass is 19.2. The van der Waals surface area contributed by atoms with Crippen molar-refractivity contribution >= 4 is 24.2 Å². The Hall–Kier alpha value is -2.18. The van der Waals surface area contributed by atoms with E-state index in [1.165, 1.54) is 0 Å². The molecule has 0 unspecified atom stereocenters. The molecular formula is C18H23BF2N2O2. The van der Waals surface area contributed by atoms with Crippen LogP contribution in [0.2, 0.25) is 0 Å². The molecule has 2 aliphatic rings. The number of hydrogen-bond donors (Lipinski definition) is 0. The average molecular weight is 348 g/mol. The summed E-state index contributed by atoms with van der Waals surface area (Å²) < 4.78 is 38.3. The van der Waals surface area contributed by atoms with E-state index in [0.29, 0.717) is 22.7 Å². The van der Waals surface area contributed by atoms with E-state index in [1.807, 2.05) is 13.8 Å². The first kappa shape index (κ1) is 17.6. The number of nitrogens with zero attached hydrogens (tertiary/aromatic N) is 2. The van der Waals surface area contributed by atoms with Crippen LogP contribution in [0.3, 0.4) is 0 Å². The second-order valence-electron chi connectivity index (χ2n) is 7.16. The van der Waals surface area contributed by atoms with E-state index < -0.39 is 12.9 Å². The van der Waals surface area contributed by atoms with Crippen LogP contribution in [0.4, 0.5) is 8.63 Å². The number of esters is 1. The Bertz CT molecular complexity index is 904. The first-order valence-corrected chi connectivity index (χ1v) is 8.47. The van der Waals surface area contributed by atoms with Crippen LogP contribution in [-0.4, -0.2) is 33.7 Å². The van der Waals surface area contributed by atoms with Gasteiger partial charge >= 0.3 is 12.9 Å². The zero-order valence-corrected chi connectivity index (χ0v) is 15.7. The summed E-state index contributed by atoms with van der Waals surface area (Å²) in [5.41, 5.74) is 4.08. The molecule has 7 heteroatoms.